The van der Waals surface area contributed by atoms with Crippen LogP contribution in [0.1, 0.15) is 26.3 Å². The number of amides is 1. The summed E-state index contributed by atoms with van der Waals surface area (Å²) in [5.41, 5.74) is -1.53. The quantitative estimate of drug-likeness (QED) is 0.806. The molecule has 98 valence electrons. The predicted molar refractivity (Wildman–Crippen MR) is 62.2 cm³/mol. The molecule has 0 spiro atoms. The van der Waals surface area contributed by atoms with Gasteiger partial charge in [0, 0.05) is 17.8 Å². The third kappa shape index (κ3) is 2.32. The van der Waals surface area contributed by atoms with Crippen molar-refractivity contribution >= 4 is 12.4 Å². The van der Waals surface area contributed by atoms with E-state index in [9.17, 15) is 19.1 Å². The molecule has 0 saturated carbocycles. The number of hydrogen-bond acceptors (Lipinski definition) is 3. The molecule has 0 saturated heterocycles. The molecule has 1 amide bonds. The molecular weight excluding hydrogens is 239 g/mol. The van der Waals surface area contributed by atoms with E-state index in [-0.39, 0.29) is 11.6 Å². The van der Waals surface area contributed by atoms with Crippen LogP contribution in [0.25, 0.3) is 0 Å². The zero-order valence-corrected chi connectivity index (χ0v) is 10.4. The molecule has 1 aromatic rings. The fourth-order valence-corrected chi connectivity index (χ4v) is 1.80. The van der Waals surface area contributed by atoms with E-state index in [1.165, 1.54) is 13.1 Å². The summed E-state index contributed by atoms with van der Waals surface area (Å²) in [5.74, 6) is -1.88. The highest BCUT2D eigenvalue weighted by atomic mass is 19.1. The minimum absolute atomic E-state index is 0.121. The number of halogens is 1. The van der Waals surface area contributed by atoms with Gasteiger partial charge in [0.25, 0.3) is 0 Å². The molecule has 5 nitrogen and oxygen atoms in total. The molecule has 1 heterocycles. The van der Waals surface area contributed by atoms with E-state index in [1.54, 1.807) is 13.8 Å². The van der Waals surface area contributed by atoms with Gasteiger partial charge in [0.1, 0.15) is 5.82 Å². The zero-order chi connectivity index (χ0) is 13.9. The van der Waals surface area contributed by atoms with E-state index in [1.807, 2.05) is 0 Å². The molecule has 0 radical (unpaired) electrons. The van der Waals surface area contributed by atoms with Gasteiger partial charge in [-0.3, -0.25) is 9.78 Å². The van der Waals surface area contributed by atoms with Crippen molar-refractivity contribution < 1.29 is 19.1 Å². The molecule has 1 rings (SSSR count). The van der Waals surface area contributed by atoms with Crippen molar-refractivity contribution in [3.05, 3.63) is 29.8 Å². The Morgan fingerprint density at radius 3 is 2.56 bits per heavy atom. The molecular formula is C12H15FN2O3. The van der Waals surface area contributed by atoms with E-state index in [4.69, 9.17) is 0 Å². The molecule has 1 N–H and O–H groups in total. The SMILES string of the molecule is CC(C)N(C=O)C(C)(C(=O)O)c1cncc(F)c1. The van der Waals surface area contributed by atoms with Gasteiger partial charge >= 0.3 is 5.97 Å². The summed E-state index contributed by atoms with van der Waals surface area (Å²) in [6, 6.07) is 0.729. The monoisotopic (exact) mass is 254 g/mol. The first-order valence-electron chi connectivity index (χ1n) is 5.42. The minimum Gasteiger partial charge on any atom is -0.479 e. The summed E-state index contributed by atoms with van der Waals surface area (Å²) in [6.07, 6.45) is 2.67. The second kappa shape index (κ2) is 5.12. The molecule has 18 heavy (non-hydrogen) atoms. The highest BCUT2D eigenvalue weighted by molar-refractivity contribution is 5.82. The Hall–Kier alpha value is -1.98. The fraction of sp³-hybridized carbons (Fsp3) is 0.417. The number of carbonyl (C=O) groups excluding carboxylic acids is 1. The lowest BCUT2D eigenvalue weighted by atomic mass is 9.90. The maximum Gasteiger partial charge on any atom is 0.334 e. The lowest BCUT2D eigenvalue weighted by molar-refractivity contribution is -0.156. The van der Waals surface area contributed by atoms with Crippen LogP contribution in [0.4, 0.5) is 4.39 Å². The van der Waals surface area contributed by atoms with Gasteiger partial charge in [-0.2, -0.15) is 0 Å². The lowest BCUT2D eigenvalue weighted by Crippen LogP contribution is -2.52. The van der Waals surface area contributed by atoms with Crippen LogP contribution in [0.15, 0.2) is 18.5 Å². The molecule has 0 aliphatic rings. The summed E-state index contributed by atoms with van der Waals surface area (Å²) in [7, 11) is 0. The van der Waals surface area contributed by atoms with Gasteiger partial charge in [0.15, 0.2) is 5.54 Å². The van der Waals surface area contributed by atoms with Crippen molar-refractivity contribution in [1.29, 1.82) is 0 Å². The molecule has 1 aromatic heterocycles. The summed E-state index contributed by atoms with van der Waals surface area (Å²) < 4.78 is 13.2. The Kier molecular flexibility index (Phi) is 4.00. The highest BCUT2D eigenvalue weighted by Crippen LogP contribution is 2.29. The number of nitrogens with zero attached hydrogens (tertiary/aromatic N) is 2. The van der Waals surface area contributed by atoms with E-state index in [0.29, 0.717) is 6.41 Å². The molecule has 0 aliphatic heterocycles. The number of aromatic nitrogens is 1. The number of hydrogen-bond donors (Lipinski definition) is 1. The van der Waals surface area contributed by atoms with Crippen molar-refractivity contribution in [2.24, 2.45) is 0 Å². The maximum absolute atomic E-state index is 13.2. The van der Waals surface area contributed by atoms with Gasteiger partial charge in [-0.15, -0.1) is 0 Å². The van der Waals surface area contributed by atoms with E-state index < -0.39 is 17.3 Å². The van der Waals surface area contributed by atoms with Crippen LogP contribution in [0.2, 0.25) is 0 Å². The van der Waals surface area contributed by atoms with Crippen molar-refractivity contribution in [1.82, 2.24) is 9.88 Å². The topological polar surface area (TPSA) is 70.5 Å². The summed E-state index contributed by atoms with van der Waals surface area (Å²) in [4.78, 5) is 27.3. The molecule has 1 unspecified atom stereocenters. The highest BCUT2D eigenvalue weighted by Gasteiger charge is 2.42. The third-order valence-electron chi connectivity index (χ3n) is 2.87. The van der Waals surface area contributed by atoms with Crippen LogP contribution in [0.3, 0.4) is 0 Å². The molecule has 0 aromatic carbocycles. The number of carbonyl (C=O) groups is 2. The average Bonchev–Trinajstić information content (AvgIpc) is 2.28. The van der Waals surface area contributed by atoms with Crippen LogP contribution >= 0.6 is 0 Å². The Bertz CT molecular complexity index is 464. The lowest BCUT2D eigenvalue weighted by Gasteiger charge is -2.38. The maximum atomic E-state index is 13.2. The second-order valence-corrected chi connectivity index (χ2v) is 4.38. The van der Waals surface area contributed by atoms with Crippen molar-refractivity contribution in [2.75, 3.05) is 0 Å². The predicted octanol–water partition coefficient (Wildman–Crippen LogP) is 1.39. The summed E-state index contributed by atoms with van der Waals surface area (Å²) >= 11 is 0. The van der Waals surface area contributed by atoms with Crippen LogP contribution in [-0.2, 0) is 15.1 Å². The molecule has 0 aliphatic carbocycles. The van der Waals surface area contributed by atoms with Gasteiger partial charge < -0.3 is 10.0 Å². The Balaban J connectivity index is 3.40. The number of carboxylic acids is 1. The van der Waals surface area contributed by atoms with Gasteiger partial charge in [-0.25, -0.2) is 9.18 Å². The van der Waals surface area contributed by atoms with E-state index in [0.717, 1.165) is 17.2 Å². The van der Waals surface area contributed by atoms with Crippen LogP contribution in [0.5, 0.6) is 0 Å². The average molecular weight is 254 g/mol. The van der Waals surface area contributed by atoms with Gasteiger partial charge in [0.2, 0.25) is 6.41 Å². The van der Waals surface area contributed by atoms with Crippen LogP contribution < -0.4 is 0 Å². The van der Waals surface area contributed by atoms with Crippen LogP contribution in [0, 0.1) is 5.82 Å². The molecule has 6 heteroatoms. The number of aliphatic carboxylic acids is 1. The fourth-order valence-electron chi connectivity index (χ4n) is 1.80. The zero-order valence-electron chi connectivity index (χ0n) is 10.4. The third-order valence-corrected chi connectivity index (χ3v) is 2.87. The van der Waals surface area contributed by atoms with Gasteiger partial charge in [-0.1, -0.05) is 0 Å². The Labute approximate surface area is 104 Å². The molecule has 0 fully saturated rings. The summed E-state index contributed by atoms with van der Waals surface area (Å²) in [5, 5.41) is 9.38. The van der Waals surface area contributed by atoms with E-state index in [2.05, 4.69) is 4.98 Å². The number of rotatable bonds is 5. The molecule has 1 atom stereocenters. The second-order valence-electron chi connectivity index (χ2n) is 4.38. The standard InChI is InChI=1S/C12H15FN2O3/c1-8(2)15(7-16)12(3,11(17)18)9-4-10(13)6-14-5-9/h4-8H,1-3H3,(H,17,18). The largest absolute Gasteiger partial charge is 0.479 e. The van der Waals surface area contributed by atoms with Crippen molar-refractivity contribution in [3.8, 4) is 0 Å². The van der Waals surface area contributed by atoms with Crippen molar-refractivity contribution in [3.63, 3.8) is 0 Å². The first-order valence-corrected chi connectivity index (χ1v) is 5.42. The number of carboxylic acid groups (broad SMARTS) is 1. The Morgan fingerprint density at radius 2 is 2.17 bits per heavy atom. The molecule has 0 bridgehead atoms. The van der Waals surface area contributed by atoms with Gasteiger partial charge in [-0.05, 0) is 26.8 Å². The van der Waals surface area contributed by atoms with Gasteiger partial charge in [0.05, 0.1) is 6.20 Å². The number of pyridine rings is 1. The minimum atomic E-state index is -1.65. The Morgan fingerprint density at radius 1 is 1.56 bits per heavy atom. The van der Waals surface area contributed by atoms with E-state index >= 15 is 0 Å². The smallest absolute Gasteiger partial charge is 0.334 e. The normalized spacial score (nSPS) is 14.1. The first kappa shape index (κ1) is 14.1. The van der Waals surface area contributed by atoms with Crippen LogP contribution in [-0.4, -0.2) is 33.4 Å². The summed E-state index contributed by atoms with van der Waals surface area (Å²) in [6.45, 7) is 4.71. The van der Waals surface area contributed by atoms with Crippen molar-refractivity contribution in [2.45, 2.75) is 32.4 Å². The first-order chi connectivity index (χ1) is 8.33.